The van der Waals surface area contributed by atoms with E-state index < -0.39 is 0 Å². The number of benzene rings is 1. The third kappa shape index (κ3) is 3.35. The summed E-state index contributed by atoms with van der Waals surface area (Å²) in [5.41, 5.74) is -0.0750. The Morgan fingerprint density at radius 2 is 1.68 bits per heavy atom. The first-order valence-corrected chi connectivity index (χ1v) is 10.9. The van der Waals surface area contributed by atoms with E-state index in [1.807, 2.05) is 12.1 Å². The fourth-order valence-electron chi connectivity index (χ4n) is 5.82. The van der Waals surface area contributed by atoms with Crippen LogP contribution in [0.2, 0.25) is 5.02 Å². The van der Waals surface area contributed by atoms with Gasteiger partial charge < -0.3 is 5.32 Å². The highest BCUT2D eigenvalue weighted by Crippen LogP contribution is 2.57. The van der Waals surface area contributed by atoms with Crippen molar-refractivity contribution in [1.29, 1.82) is 0 Å². The van der Waals surface area contributed by atoms with Crippen LogP contribution in [0.1, 0.15) is 38.5 Å². The number of nitrogens with one attached hydrogen (secondary N) is 1. The molecule has 0 radical (unpaired) electrons. The van der Waals surface area contributed by atoms with Crippen LogP contribution in [0.15, 0.2) is 40.5 Å². The normalized spacial score (nSPS) is 30.4. The Kier molecular flexibility index (Phi) is 4.47. The van der Waals surface area contributed by atoms with Crippen LogP contribution >= 0.6 is 23.4 Å². The summed E-state index contributed by atoms with van der Waals surface area (Å²) < 4.78 is 0. The number of anilines is 1. The summed E-state index contributed by atoms with van der Waals surface area (Å²) in [5, 5.41) is 16.5. The van der Waals surface area contributed by atoms with Gasteiger partial charge in [0.25, 0.3) is 0 Å². The molecule has 0 spiro atoms. The lowest BCUT2D eigenvalue weighted by Gasteiger charge is -2.57. The molecular formula is C20H21ClN4O2S. The summed E-state index contributed by atoms with van der Waals surface area (Å²) in [4.78, 5) is 20.9. The standard InChI is InChI=1S/C20H21ClN4O2S/c21-15-1-3-16(4-2-15)28-19-17(25(26)27)18(22-11-23-19)24-20-8-12-5-13(9-20)7-14(6-12)10-20/h1-4,11-14H,5-10H2,(H,22,23,24). The quantitative estimate of drug-likeness (QED) is 0.389. The largest absolute Gasteiger partial charge is 0.359 e. The van der Waals surface area contributed by atoms with Crippen molar-refractivity contribution in [3.8, 4) is 0 Å². The maximum absolute atomic E-state index is 11.9. The fourth-order valence-corrected chi connectivity index (χ4v) is 6.81. The molecule has 0 aliphatic heterocycles. The summed E-state index contributed by atoms with van der Waals surface area (Å²) >= 11 is 7.21. The van der Waals surface area contributed by atoms with Crippen molar-refractivity contribution in [3.63, 3.8) is 0 Å². The van der Waals surface area contributed by atoms with Crippen molar-refractivity contribution in [2.75, 3.05) is 5.32 Å². The molecular weight excluding hydrogens is 396 g/mol. The SMILES string of the molecule is O=[N+]([O-])c1c(NC23CC4CC(CC(C4)C2)C3)ncnc1Sc1ccc(Cl)cc1. The summed E-state index contributed by atoms with van der Waals surface area (Å²) in [7, 11) is 0. The van der Waals surface area contributed by atoms with Gasteiger partial charge in [-0.15, -0.1) is 0 Å². The number of rotatable bonds is 5. The van der Waals surface area contributed by atoms with Gasteiger partial charge in [0.05, 0.1) is 4.92 Å². The molecule has 1 heterocycles. The highest BCUT2D eigenvalue weighted by Gasteiger charge is 2.51. The molecule has 0 amide bonds. The van der Waals surface area contributed by atoms with Crippen LogP contribution in [-0.2, 0) is 0 Å². The molecule has 0 unspecified atom stereocenters. The first kappa shape index (κ1) is 18.2. The van der Waals surface area contributed by atoms with Crippen LogP contribution in [0.4, 0.5) is 11.5 Å². The van der Waals surface area contributed by atoms with Crippen molar-refractivity contribution in [1.82, 2.24) is 9.97 Å². The molecule has 28 heavy (non-hydrogen) atoms. The van der Waals surface area contributed by atoms with E-state index in [1.165, 1.54) is 37.4 Å². The molecule has 4 aliphatic rings. The predicted octanol–water partition coefficient (Wildman–Crippen LogP) is 5.57. The summed E-state index contributed by atoms with van der Waals surface area (Å²) in [6.45, 7) is 0. The lowest BCUT2D eigenvalue weighted by molar-refractivity contribution is -0.387. The van der Waals surface area contributed by atoms with Gasteiger partial charge in [0.15, 0.2) is 5.03 Å². The number of nitrogens with zero attached hydrogens (tertiary/aromatic N) is 3. The molecule has 8 heteroatoms. The van der Waals surface area contributed by atoms with Crippen molar-refractivity contribution < 1.29 is 4.92 Å². The van der Waals surface area contributed by atoms with Crippen LogP contribution < -0.4 is 5.32 Å². The van der Waals surface area contributed by atoms with Gasteiger partial charge >= 0.3 is 5.69 Å². The van der Waals surface area contributed by atoms with E-state index in [2.05, 4.69) is 15.3 Å². The first-order valence-electron chi connectivity index (χ1n) is 9.71. The third-order valence-electron chi connectivity index (χ3n) is 6.42. The van der Waals surface area contributed by atoms with E-state index in [1.54, 1.807) is 12.1 Å². The third-order valence-corrected chi connectivity index (χ3v) is 7.67. The van der Waals surface area contributed by atoms with E-state index in [0.29, 0.717) is 15.9 Å². The minimum atomic E-state index is -0.360. The molecule has 1 aromatic carbocycles. The Labute approximate surface area is 172 Å². The monoisotopic (exact) mass is 416 g/mol. The smallest absolute Gasteiger partial charge is 0.343 e. The van der Waals surface area contributed by atoms with Crippen molar-refractivity contribution in [3.05, 3.63) is 45.7 Å². The molecule has 6 rings (SSSR count). The maximum Gasteiger partial charge on any atom is 0.343 e. The van der Waals surface area contributed by atoms with Crippen LogP contribution in [0.25, 0.3) is 0 Å². The zero-order valence-electron chi connectivity index (χ0n) is 15.3. The number of hydrogen-bond donors (Lipinski definition) is 1. The Morgan fingerprint density at radius 3 is 2.25 bits per heavy atom. The Bertz CT molecular complexity index is 886. The predicted molar refractivity (Wildman–Crippen MR) is 109 cm³/mol. The molecule has 1 aromatic heterocycles. The van der Waals surface area contributed by atoms with Gasteiger partial charge in [0, 0.05) is 15.5 Å². The highest BCUT2D eigenvalue weighted by molar-refractivity contribution is 7.99. The van der Waals surface area contributed by atoms with Gasteiger partial charge in [-0.1, -0.05) is 23.4 Å². The molecule has 4 bridgehead atoms. The molecule has 4 fully saturated rings. The lowest BCUT2D eigenvalue weighted by atomic mass is 9.53. The topological polar surface area (TPSA) is 81.0 Å². The molecule has 4 aliphatic carbocycles. The van der Waals surface area contributed by atoms with Gasteiger partial charge in [-0.25, -0.2) is 9.97 Å². The molecule has 0 atom stereocenters. The van der Waals surface area contributed by atoms with Gasteiger partial charge in [-0.2, -0.15) is 0 Å². The number of halogens is 1. The molecule has 6 nitrogen and oxygen atoms in total. The van der Waals surface area contributed by atoms with E-state index in [-0.39, 0.29) is 16.1 Å². The van der Waals surface area contributed by atoms with Gasteiger partial charge in [-0.3, -0.25) is 10.1 Å². The van der Waals surface area contributed by atoms with Crippen LogP contribution in [0.3, 0.4) is 0 Å². The first-order chi connectivity index (χ1) is 13.5. The van der Waals surface area contributed by atoms with Crippen LogP contribution in [0, 0.1) is 27.9 Å². The van der Waals surface area contributed by atoms with Crippen molar-refractivity contribution in [2.45, 2.75) is 54.0 Å². The van der Waals surface area contributed by atoms with E-state index in [4.69, 9.17) is 11.6 Å². The number of aromatic nitrogens is 2. The van der Waals surface area contributed by atoms with Crippen molar-refractivity contribution >= 4 is 34.9 Å². The number of nitro groups is 1. The average Bonchev–Trinajstić information content (AvgIpc) is 2.62. The van der Waals surface area contributed by atoms with E-state index >= 15 is 0 Å². The molecule has 4 saturated carbocycles. The van der Waals surface area contributed by atoms with E-state index in [0.717, 1.165) is 41.9 Å². The van der Waals surface area contributed by atoms with Crippen LogP contribution in [0.5, 0.6) is 0 Å². The second kappa shape index (κ2) is 6.88. The molecule has 0 saturated heterocycles. The summed E-state index contributed by atoms with van der Waals surface area (Å²) in [6.07, 6.45) is 8.69. The van der Waals surface area contributed by atoms with Gasteiger partial charge in [0.1, 0.15) is 6.33 Å². The lowest BCUT2D eigenvalue weighted by Crippen LogP contribution is -2.55. The molecule has 2 aromatic rings. The Balaban J connectivity index is 1.46. The number of hydrogen-bond acceptors (Lipinski definition) is 6. The second-order valence-electron chi connectivity index (χ2n) is 8.51. The minimum Gasteiger partial charge on any atom is -0.359 e. The minimum absolute atomic E-state index is 0.0294. The van der Waals surface area contributed by atoms with Crippen molar-refractivity contribution in [2.24, 2.45) is 17.8 Å². The summed E-state index contributed by atoms with van der Waals surface area (Å²) in [6, 6.07) is 7.22. The Morgan fingerprint density at radius 1 is 1.07 bits per heavy atom. The maximum atomic E-state index is 11.9. The van der Waals surface area contributed by atoms with E-state index in [9.17, 15) is 10.1 Å². The zero-order chi connectivity index (χ0) is 19.3. The zero-order valence-corrected chi connectivity index (χ0v) is 16.9. The highest BCUT2D eigenvalue weighted by atomic mass is 35.5. The van der Waals surface area contributed by atoms with Gasteiger partial charge in [-0.05, 0) is 80.5 Å². The van der Waals surface area contributed by atoms with Crippen LogP contribution in [-0.4, -0.2) is 20.4 Å². The average molecular weight is 417 g/mol. The fraction of sp³-hybridized carbons (Fsp3) is 0.500. The molecule has 146 valence electrons. The Hall–Kier alpha value is -1.86. The van der Waals surface area contributed by atoms with Gasteiger partial charge in [0.2, 0.25) is 5.82 Å². The molecule has 1 N–H and O–H groups in total. The second-order valence-corrected chi connectivity index (χ2v) is 10.0. The summed E-state index contributed by atoms with van der Waals surface area (Å²) in [5.74, 6) is 2.62.